The van der Waals surface area contributed by atoms with Crippen LogP contribution in [-0.4, -0.2) is 11.8 Å². The zero-order valence-corrected chi connectivity index (χ0v) is 7.91. The highest BCUT2D eigenvalue weighted by Gasteiger charge is 2.02. The minimum atomic E-state index is -0.612. The van der Waals surface area contributed by atoms with Gasteiger partial charge in [-0.15, -0.1) is 0 Å². The molecule has 0 fully saturated rings. The van der Waals surface area contributed by atoms with E-state index in [1.807, 2.05) is 0 Å². The van der Waals surface area contributed by atoms with Crippen LogP contribution in [-0.2, 0) is 0 Å². The molecule has 0 atom stereocenters. The molecule has 0 aromatic heterocycles. The molecule has 0 aliphatic rings. The van der Waals surface area contributed by atoms with Gasteiger partial charge in [-0.05, 0) is 24.3 Å². The molecule has 2 amide bonds. The fourth-order valence-electron chi connectivity index (χ4n) is 1.09. The third-order valence-corrected chi connectivity index (χ3v) is 1.80. The Morgan fingerprint density at radius 3 is 2.29 bits per heavy atom. The fourth-order valence-corrected chi connectivity index (χ4v) is 1.09. The average Bonchev–Trinajstić information content (AvgIpc) is 2.17. The van der Waals surface area contributed by atoms with Gasteiger partial charge in [-0.3, -0.25) is 4.79 Å². The van der Waals surface area contributed by atoms with Gasteiger partial charge < -0.3 is 11.1 Å². The number of ketones is 1. The molecule has 0 aliphatic carbocycles. The first-order chi connectivity index (χ1) is 6.63. The van der Waals surface area contributed by atoms with Gasteiger partial charge in [-0.1, -0.05) is 6.92 Å². The molecule has 0 radical (unpaired) electrons. The van der Waals surface area contributed by atoms with E-state index in [0.717, 1.165) is 0 Å². The minimum Gasteiger partial charge on any atom is -0.351 e. The average molecular weight is 192 g/mol. The summed E-state index contributed by atoms with van der Waals surface area (Å²) >= 11 is 0. The summed E-state index contributed by atoms with van der Waals surface area (Å²) < 4.78 is 0. The molecule has 1 aromatic rings. The van der Waals surface area contributed by atoms with Gasteiger partial charge in [0, 0.05) is 17.7 Å². The van der Waals surface area contributed by atoms with Gasteiger partial charge in [0.15, 0.2) is 5.78 Å². The molecule has 0 saturated carbocycles. The SMILES string of the molecule is CCC(=O)c1ccc(NC(N)=O)cc1. The number of amides is 2. The second-order valence-electron chi connectivity index (χ2n) is 2.84. The minimum absolute atomic E-state index is 0.0793. The van der Waals surface area contributed by atoms with E-state index in [4.69, 9.17) is 5.73 Å². The summed E-state index contributed by atoms with van der Waals surface area (Å²) in [6.07, 6.45) is 0.475. The summed E-state index contributed by atoms with van der Waals surface area (Å²) in [6.45, 7) is 1.80. The zero-order chi connectivity index (χ0) is 10.6. The van der Waals surface area contributed by atoms with Crippen LogP contribution in [0.15, 0.2) is 24.3 Å². The van der Waals surface area contributed by atoms with E-state index in [1.165, 1.54) is 0 Å². The zero-order valence-electron chi connectivity index (χ0n) is 7.91. The molecule has 1 aromatic carbocycles. The standard InChI is InChI=1S/C10H12N2O2/c1-2-9(13)7-3-5-8(6-4-7)12-10(11)14/h3-6H,2H2,1H3,(H3,11,12,14). The lowest BCUT2D eigenvalue weighted by molar-refractivity contribution is 0.0988. The summed E-state index contributed by atoms with van der Waals surface area (Å²) in [5.41, 5.74) is 6.16. The van der Waals surface area contributed by atoms with Crippen LogP contribution in [0.3, 0.4) is 0 Å². The van der Waals surface area contributed by atoms with E-state index in [0.29, 0.717) is 17.7 Å². The maximum absolute atomic E-state index is 11.2. The van der Waals surface area contributed by atoms with Gasteiger partial charge in [0.2, 0.25) is 0 Å². The summed E-state index contributed by atoms with van der Waals surface area (Å²) in [7, 11) is 0. The number of carbonyl (C=O) groups excluding carboxylic acids is 2. The lowest BCUT2D eigenvalue weighted by Gasteiger charge is -2.02. The van der Waals surface area contributed by atoms with Crippen molar-refractivity contribution in [2.75, 3.05) is 5.32 Å². The first kappa shape index (κ1) is 10.2. The molecule has 0 bridgehead atoms. The van der Waals surface area contributed by atoms with E-state index in [1.54, 1.807) is 31.2 Å². The summed E-state index contributed by atoms with van der Waals surface area (Å²) in [5, 5.41) is 2.42. The Hall–Kier alpha value is -1.84. The number of primary amides is 1. The Labute approximate surface area is 82.1 Å². The summed E-state index contributed by atoms with van der Waals surface area (Å²) in [5.74, 6) is 0.0793. The lowest BCUT2D eigenvalue weighted by Crippen LogP contribution is -2.19. The van der Waals surface area contributed by atoms with Crippen LogP contribution in [0.25, 0.3) is 0 Å². The normalized spacial score (nSPS) is 9.50. The first-order valence-electron chi connectivity index (χ1n) is 4.33. The third kappa shape index (κ3) is 2.58. The monoisotopic (exact) mass is 192 g/mol. The smallest absolute Gasteiger partial charge is 0.316 e. The number of benzene rings is 1. The van der Waals surface area contributed by atoms with Crippen LogP contribution in [0, 0.1) is 0 Å². The van der Waals surface area contributed by atoms with Crippen molar-refractivity contribution >= 4 is 17.5 Å². The number of urea groups is 1. The largest absolute Gasteiger partial charge is 0.351 e. The van der Waals surface area contributed by atoms with E-state index in [2.05, 4.69) is 5.32 Å². The predicted octanol–water partition coefficient (Wildman–Crippen LogP) is 1.77. The Morgan fingerprint density at radius 2 is 1.86 bits per heavy atom. The van der Waals surface area contributed by atoms with E-state index in [-0.39, 0.29) is 5.78 Å². The van der Waals surface area contributed by atoms with Gasteiger partial charge in [0.05, 0.1) is 0 Å². The molecule has 14 heavy (non-hydrogen) atoms. The maximum Gasteiger partial charge on any atom is 0.316 e. The molecule has 4 heteroatoms. The van der Waals surface area contributed by atoms with Crippen LogP contribution in [0.4, 0.5) is 10.5 Å². The van der Waals surface area contributed by atoms with Gasteiger partial charge >= 0.3 is 6.03 Å². The second kappa shape index (κ2) is 4.41. The van der Waals surface area contributed by atoms with Crippen LogP contribution in [0.2, 0.25) is 0 Å². The highest BCUT2D eigenvalue weighted by Crippen LogP contribution is 2.10. The quantitative estimate of drug-likeness (QED) is 0.716. The Bertz CT molecular complexity index is 344. The number of carbonyl (C=O) groups is 2. The maximum atomic E-state index is 11.2. The fraction of sp³-hybridized carbons (Fsp3) is 0.200. The molecule has 74 valence electrons. The Morgan fingerprint density at radius 1 is 1.29 bits per heavy atom. The molecule has 4 nitrogen and oxygen atoms in total. The van der Waals surface area contributed by atoms with Crippen molar-refractivity contribution in [2.24, 2.45) is 5.73 Å². The van der Waals surface area contributed by atoms with E-state index >= 15 is 0 Å². The highest BCUT2D eigenvalue weighted by molar-refractivity contribution is 5.96. The number of hydrogen-bond donors (Lipinski definition) is 2. The van der Waals surface area contributed by atoms with Crippen LogP contribution in [0.5, 0.6) is 0 Å². The molecule has 3 N–H and O–H groups in total. The van der Waals surface area contributed by atoms with Crippen molar-refractivity contribution in [2.45, 2.75) is 13.3 Å². The Kier molecular flexibility index (Phi) is 3.23. The molecule has 0 heterocycles. The van der Waals surface area contributed by atoms with Crippen molar-refractivity contribution in [1.29, 1.82) is 0 Å². The number of anilines is 1. The number of rotatable bonds is 3. The molecular formula is C10H12N2O2. The summed E-state index contributed by atoms with van der Waals surface area (Å²) in [6, 6.07) is 6.01. The number of Topliss-reactive ketones (excluding diaryl/α,β-unsaturated/α-hetero) is 1. The molecule has 1 rings (SSSR count). The number of nitrogens with two attached hydrogens (primary N) is 1. The van der Waals surface area contributed by atoms with Crippen molar-refractivity contribution in [3.63, 3.8) is 0 Å². The molecule has 0 unspecified atom stereocenters. The van der Waals surface area contributed by atoms with Crippen LogP contribution in [0.1, 0.15) is 23.7 Å². The molecule has 0 aliphatic heterocycles. The van der Waals surface area contributed by atoms with Crippen LogP contribution < -0.4 is 11.1 Å². The van der Waals surface area contributed by atoms with Gasteiger partial charge in [-0.25, -0.2) is 4.79 Å². The van der Waals surface area contributed by atoms with Gasteiger partial charge in [-0.2, -0.15) is 0 Å². The molecule has 0 saturated heterocycles. The van der Waals surface area contributed by atoms with Crippen LogP contribution >= 0.6 is 0 Å². The number of nitrogens with one attached hydrogen (secondary N) is 1. The second-order valence-corrected chi connectivity index (χ2v) is 2.84. The highest BCUT2D eigenvalue weighted by atomic mass is 16.2. The van der Waals surface area contributed by atoms with Crippen molar-refractivity contribution < 1.29 is 9.59 Å². The number of hydrogen-bond acceptors (Lipinski definition) is 2. The van der Waals surface area contributed by atoms with Crippen molar-refractivity contribution in [3.8, 4) is 0 Å². The van der Waals surface area contributed by atoms with E-state index in [9.17, 15) is 9.59 Å². The lowest BCUT2D eigenvalue weighted by atomic mass is 10.1. The summed E-state index contributed by atoms with van der Waals surface area (Å²) in [4.78, 5) is 21.7. The molecular weight excluding hydrogens is 180 g/mol. The molecule has 0 spiro atoms. The van der Waals surface area contributed by atoms with E-state index < -0.39 is 6.03 Å². The topological polar surface area (TPSA) is 72.2 Å². The third-order valence-electron chi connectivity index (χ3n) is 1.80. The Balaban J connectivity index is 2.78. The van der Waals surface area contributed by atoms with Gasteiger partial charge in [0.1, 0.15) is 0 Å². The first-order valence-corrected chi connectivity index (χ1v) is 4.33. The van der Waals surface area contributed by atoms with Gasteiger partial charge in [0.25, 0.3) is 0 Å². The predicted molar refractivity (Wildman–Crippen MR) is 54.3 cm³/mol. The van der Waals surface area contributed by atoms with Crippen molar-refractivity contribution in [1.82, 2.24) is 0 Å². The van der Waals surface area contributed by atoms with Crippen molar-refractivity contribution in [3.05, 3.63) is 29.8 Å².